The maximum absolute atomic E-state index is 12.0. The largest absolute Gasteiger partial charge is 0.465 e. The Morgan fingerprint density at radius 2 is 1.97 bits per heavy atom. The van der Waals surface area contributed by atoms with Crippen LogP contribution in [0.3, 0.4) is 0 Å². The van der Waals surface area contributed by atoms with Crippen molar-refractivity contribution in [2.75, 3.05) is 14.2 Å². The number of rotatable bonds is 4. The molecule has 154 valence electrons. The third-order valence-corrected chi connectivity index (χ3v) is 6.06. The van der Waals surface area contributed by atoms with Crippen LogP contribution in [0, 0.1) is 13.8 Å². The van der Waals surface area contributed by atoms with Crippen LogP contribution in [0.5, 0.6) is 0 Å². The van der Waals surface area contributed by atoms with Crippen LogP contribution in [0.2, 0.25) is 0 Å². The first kappa shape index (κ1) is 20.1. The Morgan fingerprint density at radius 1 is 1.17 bits per heavy atom. The number of aryl methyl sites for hydroxylation is 1. The average Bonchev–Trinajstić information content (AvgIpc) is 3.22. The fourth-order valence-electron chi connectivity index (χ4n) is 4.22. The Balaban J connectivity index is 1.80. The molecule has 1 aliphatic rings. The van der Waals surface area contributed by atoms with Gasteiger partial charge in [-0.3, -0.25) is 4.98 Å². The van der Waals surface area contributed by atoms with Gasteiger partial charge in [0.2, 0.25) is 0 Å². The lowest BCUT2D eigenvalue weighted by molar-refractivity contribution is 0.0600. The summed E-state index contributed by atoms with van der Waals surface area (Å²) in [6, 6.07) is 15.6. The van der Waals surface area contributed by atoms with Crippen molar-refractivity contribution in [2.45, 2.75) is 25.9 Å². The van der Waals surface area contributed by atoms with Gasteiger partial charge in [0.1, 0.15) is 0 Å². The number of benzene rings is 1. The minimum absolute atomic E-state index is 0.0103. The molecule has 6 nitrogen and oxygen atoms in total. The lowest BCUT2D eigenvalue weighted by Crippen LogP contribution is -2.25. The van der Waals surface area contributed by atoms with E-state index in [2.05, 4.69) is 39.7 Å². The van der Waals surface area contributed by atoms with Gasteiger partial charge in [-0.1, -0.05) is 12.1 Å². The van der Waals surface area contributed by atoms with Gasteiger partial charge in [-0.15, -0.1) is 0 Å². The Kier molecular flexibility index (Phi) is 5.30. The van der Waals surface area contributed by atoms with Crippen molar-refractivity contribution in [1.82, 2.24) is 19.8 Å². The molecule has 0 radical (unpaired) electrons. The number of hydrogen-bond donors (Lipinski definition) is 1. The van der Waals surface area contributed by atoms with E-state index in [0.717, 1.165) is 22.8 Å². The zero-order valence-electron chi connectivity index (χ0n) is 17.4. The van der Waals surface area contributed by atoms with Crippen LogP contribution >= 0.6 is 12.2 Å². The summed E-state index contributed by atoms with van der Waals surface area (Å²) in [6.07, 6.45) is 1.80. The Labute approximate surface area is 181 Å². The number of aromatic nitrogens is 2. The molecule has 30 heavy (non-hydrogen) atoms. The Bertz CT molecular complexity index is 1110. The molecule has 3 aromatic rings. The van der Waals surface area contributed by atoms with E-state index < -0.39 is 0 Å². The number of hydrogen-bond acceptors (Lipinski definition) is 4. The van der Waals surface area contributed by atoms with Crippen LogP contribution in [0.15, 0.2) is 54.7 Å². The van der Waals surface area contributed by atoms with Crippen molar-refractivity contribution in [3.05, 3.63) is 82.9 Å². The van der Waals surface area contributed by atoms with Crippen molar-refractivity contribution >= 4 is 23.3 Å². The smallest absolute Gasteiger partial charge is 0.337 e. The quantitative estimate of drug-likeness (QED) is 0.511. The molecule has 1 aliphatic heterocycles. The van der Waals surface area contributed by atoms with E-state index in [1.807, 2.05) is 43.4 Å². The molecule has 0 spiro atoms. The summed E-state index contributed by atoms with van der Waals surface area (Å²) < 4.78 is 7.04. The highest BCUT2D eigenvalue weighted by atomic mass is 32.1. The van der Waals surface area contributed by atoms with Crippen LogP contribution in [-0.4, -0.2) is 39.7 Å². The highest BCUT2D eigenvalue weighted by Gasteiger charge is 2.39. The summed E-state index contributed by atoms with van der Waals surface area (Å²) in [5.74, 6) is -0.347. The number of likely N-dealkylation sites (N-methyl/N-ethyl adjacent to an activating group) is 1. The molecule has 1 saturated heterocycles. The normalized spacial score (nSPS) is 18.4. The second kappa shape index (κ2) is 7.91. The second-order valence-corrected chi connectivity index (χ2v) is 7.83. The van der Waals surface area contributed by atoms with Crippen molar-refractivity contribution in [2.24, 2.45) is 0 Å². The molecular weight excluding hydrogens is 396 g/mol. The molecule has 1 N–H and O–H groups in total. The summed E-state index contributed by atoms with van der Waals surface area (Å²) in [7, 11) is 3.40. The van der Waals surface area contributed by atoms with Gasteiger partial charge >= 0.3 is 5.97 Å². The highest BCUT2D eigenvalue weighted by Crippen LogP contribution is 2.40. The third-order valence-electron chi connectivity index (χ3n) is 5.65. The summed E-state index contributed by atoms with van der Waals surface area (Å²) in [5.41, 5.74) is 5.74. The van der Waals surface area contributed by atoms with E-state index in [1.165, 1.54) is 12.7 Å². The second-order valence-electron chi connectivity index (χ2n) is 7.44. The molecule has 2 aromatic heterocycles. The molecule has 0 aliphatic carbocycles. The Hall–Kier alpha value is -3.19. The van der Waals surface area contributed by atoms with Crippen LogP contribution < -0.4 is 5.32 Å². The minimum atomic E-state index is -0.347. The van der Waals surface area contributed by atoms with Gasteiger partial charge in [-0.05, 0) is 68.0 Å². The fourth-order valence-corrected chi connectivity index (χ4v) is 4.46. The van der Waals surface area contributed by atoms with Crippen molar-refractivity contribution in [3.8, 4) is 5.69 Å². The molecular formula is C23H24N4O2S. The predicted octanol–water partition coefficient (Wildman–Crippen LogP) is 3.88. The molecule has 3 heterocycles. The van der Waals surface area contributed by atoms with Crippen LogP contribution in [0.25, 0.3) is 5.69 Å². The number of esters is 1. The van der Waals surface area contributed by atoms with E-state index in [9.17, 15) is 4.79 Å². The molecule has 2 atom stereocenters. The number of methoxy groups -OCH3 is 1. The number of thiocarbonyl (C=S) groups is 1. The standard InChI is InChI=1S/C23H24N4O2S/c1-14-12-18(15(2)27(14)17-9-7-8-16(13-17)22(28)29-4)21-20(25-23(30)26(21)3)19-10-5-6-11-24-19/h5-13,20-21H,1-4H3,(H,25,30). The van der Waals surface area contributed by atoms with Gasteiger partial charge in [0.05, 0.1) is 30.5 Å². The zero-order chi connectivity index (χ0) is 21.4. The minimum Gasteiger partial charge on any atom is -0.465 e. The fraction of sp³-hybridized carbons (Fsp3) is 0.261. The third kappa shape index (κ3) is 3.35. The molecule has 0 bridgehead atoms. The first-order valence-electron chi connectivity index (χ1n) is 9.74. The van der Waals surface area contributed by atoms with E-state index >= 15 is 0 Å². The monoisotopic (exact) mass is 420 g/mol. The predicted molar refractivity (Wildman–Crippen MR) is 120 cm³/mol. The molecule has 0 amide bonds. The maximum atomic E-state index is 12.0. The molecule has 2 unspecified atom stereocenters. The summed E-state index contributed by atoms with van der Waals surface area (Å²) in [5, 5.41) is 4.12. The number of pyridine rings is 1. The van der Waals surface area contributed by atoms with Gasteiger partial charge in [-0.25, -0.2) is 4.79 Å². The van der Waals surface area contributed by atoms with E-state index in [1.54, 1.807) is 12.3 Å². The number of nitrogens with one attached hydrogen (secondary N) is 1. The lowest BCUT2D eigenvalue weighted by Gasteiger charge is -2.24. The highest BCUT2D eigenvalue weighted by molar-refractivity contribution is 7.80. The summed E-state index contributed by atoms with van der Waals surface area (Å²) in [4.78, 5) is 18.6. The first-order valence-corrected chi connectivity index (χ1v) is 10.1. The molecule has 1 aromatic carbocycles. The summed E-state index contributed by atoms with van der Waals surface area (Å²) >= 11 is 5.56. The van der Waals surface area contributed by atoms with Gasteiger partial charge in [0.15, 0.2) is 5.11 Å². The number of ether oxygens (including phenoxy) is 1. The lowest BCUT2D eigenvalue weighted by atomic mass is 9.97. The van der Waals surface area contributed by atoms with E-state index in [-0.39, 0.29) is 18.1 Å². The van der Waals surface area contributed by atoms with Gasteiger partial charge < -0.3 is 19.5 Å². The van der Waals surface area contributed by atoms with Gasteiger partial charge in [0, 0.05) is 30.3 Å². The van der Waals surface area contributed by atoms with Crippen molar-refractivity contribution < 1.29 is 9.53 Å². The first-order chi connectivity index (χ1) is 14.4. The average molecular weight is 421 g/mol. The number of nitrogens with zero attached hydrogens (tertiary/aromatic N) is 3. The zero-order valence-corrected chi connectivity index (χ0v) is 18.2. The van der Waals surface area contributed by atoms with Crippen LogP contribution in [-0.2, 0) is 4.74 Å². The van der Waals surface area contributed by atoms with Gasteiger partial charge in [0.25, 0.3) is 0 Å². The molecule has 7 heteroatoms. The molecule has 4 rings (SSSR count). The van der Waals surface area contributed by atoms with Crippen LogP contribution in [0.4, 0.5) is 0 Å². The topological polar surface area (TPSA) is 59.4 Å². The van der Waals surface area contributed by atoms with Crippen molar-refractivity contribution in [1.29, 1.82) is 0 Å². The Morgan fingerprint density at radius 3 is 2.67 bits per heavy atom. The van der Waals surface area contributed by atoms with Gasteiger partial charge in [-0.2, -0.15) is 0 Å². The van der Waals surface area contributed by atoms with Crippen molar-refractivity contribution in [3.63, 3.8) is 0 Å². The number of carbonyl (C=O) groups excluding carboxylic acids is 1. The van der Waals surface area contributed by atoms with E-state index in [4.69, 9.17) is 17.0 Å². The maximum Gasteiger partial charge on any atom is 0.337 e. The number of carbonyl (C=O) groups is 1. The molecule has 0 saturated carbocycles. The van der Waals surface area contributed by atoms with E-state index in [0.29, 0.717) is 10.7 Å². The molecule has 1 fully saturated rings. The summed E-state index contributed by atoms with van der Waals surface area (Å²) in [6.45, 7) is 4.16. The SMILES string of the molecule is COC(=O)c1cccc(-n2c(C)cc(C3C(c4ccccn4)NC(=S)N3C)c2C)c1. The van der Waals surface area contributed by atoms with Crippen LogP contribution in [0.1, 0.15) is 45.1 Å².